The molecular weight excluding hydrogens is 222 g/mol. The zero-order valence-electron chi connectivity index (χ0n) is 8.49. The smallest absolute Gasteiger partial charge is 0.207 e. The van der Waals surface area contributed by atoms with Crippen molar-refractivity contribution in [1.82, 2.24) is 15.1 Å². The van der Waals surface area contributed by atoms with Gasteiger partial charge < -0.3 is 5.11 Å². The van der Waals surface area contributed by atoms with Crippen LogP contribution in [0.15, 0.2) is 0 Å². The Bertz CT molecular complexity index is 303. The highest BCUT2D eigenvalue weighted by molar-refractivity contribution is 7.15. The van der Waals surface area contributed by atoms with Gasteiger partial charge in [-0.1, -0.05) is 11.3 Å². The largest absolute Gasteiger partial charge is 0.394 e. The second-order valence-electron chi connectivity index (χ2n) is 3.78. The van der Waals surface area contributed by atoms with E-state index in [1.165, 1.54) is 11.3 Å². The van der Waals surface area contributed by atoms with Crippen molar-refractivity contribution in [3.63, 3.8) is 0 Å². The van der Waals surface area contributed by atoms with Crippen molar-refractivity contribution in [3.8, 4) is 0 Å². The molecule has 0 radical (unpaired) electrons. The van der Waals surface area contributed by atoms with Gasteiger partial charge in [0.15, 0.2) is 0 Å². The molecule has 1 rings (SSSR count). The van der Waals surface area contributed by atoms with E-state index in [-0.39, 0.29) is 12.1 Å². The number of nitrogens with zero attached hydrogens (tertiary/aromatic N) is 3. The standard InChI is InChI=1S/C8H14ClN3OS/c1-8(2,5-13)12(3)4-6-10-11-7(9)14-6/h13H,4-5H2,1-3H3. The summed E-state index contributed by atoms with van der Waals surface area (Å²) in [5.41, 5.74) is -0.252. The Kier molecular flexibility index (Phi) is 3.83. The molecule has 4 nitrogen and oxygen atoms in total. The fourth-order valence-corrected chi connectivity index (χ4v) is 1.76. The quantitative estimate of drug-likeness (QED) is 0.857. The van der Waals surface area contributed by atoms with Crippen LogP contribution in [-0.2, 0) is 6.54 Å². The summed E-state index contributed by atoms with van der Waals surface area (Å²) in [5, 5.41) is 17.6. The molecule has 0 saturated heterocycles. The molecule has 0 aromatic carbocycles. The topological polar surface area (TPSA) is 49.2 Å². The Hall–Kier alpha value is -0.230. The number of rotatable bonds is 4. The van der Waals surface area contributed by atoms with Crippen molar-refractivity contribution in [3.05, 3.63) is 9.47 Å². The molecule has 0 unspecified atom stereocenters. The molecule has 0 aliphatic heterocycles. The molecule has 1 heterocycles. The Balaban J connectivity index is 2.61. The Morgan fingerprint density at radius 1 is 1.50 bits per heavy atom. The van der Waals surface area contributed by atoms with E-state index in [4.69, 9.17) is 16.7 Å². The number of aromatic nitrogens is 2. The number of likely N-dealkylation sites (N-methyl/N-ethyl adjacent to an activating group) is 1. The normalized spacial score (nSPS) is 12.4. The summed E-state index contributed by atoms with van der Waals surface area (Å²) in [6.45, 7) is 4.69. The molecule has 0 fully saturated rings. The molecule has 0 aliphatic carbocycles. The molecule has 0 saturated carbocycles. The van der Waals surface area contributed by atoms with E-state index in [9.17, 15) is 0 Å². The Morgan fingerprint density at radius 3 is 2.57 bits per heavy atom. The first kappa shape index (κ1) is 11.8. The molecule has 0 spiro atoms. The molecule has 6 heteroatoms. The monoisotopic (exact) mass is 235 g/mol. The van der Waals surface area contributed by atoms with E-state index >= 15 is 0 Å². The van der Waals surface area contributed by atoms with Gasteiger partial charge in [-0.15, -0.1) is 10.2 Å². The highest BCUT2D eigenvalue weighted by Gasteiger charge is 2.23. The van der Waals surface area contributed by atoms with E-state index in [0.29, 0.717) is 11.0 Å². The molecule has 1 aromatic rings. The fraction of sp³-hybridized carbons (Fsp3) is 0.750. The molecular formula is C8H14ClN3OS. The van der Waals surface area contributed by atoms with Crippen LogP contribution in [0.3, 0.4) is 0 Å². The van der Waals surface area contributed by atoms with Crippen molar-refractivity contribution >= 4 is 22.9 Å². The second-order valence-corrected chi connectivity index (χ2v) is 5.42. The summed E-state index contributed by atoms with van der Waals surface area (Å²) in [4.78, 5) is 2.02. The third kappa shape index (κ3) is 2.88. The predicted molar refractivity (Wildman–Crippen MR) is 57.6 cm³/mol. The lowest BCUT2D eigenvalue weighted by Crippen LogP contribution is -2.43. The van der Waals surface area contributed by atoms with Crippen LogP contribution in [0.4, 0.5) is 0 Å². The van der Waals surface area contributed by atoms with Crippen LogP contribution < -0.4 is 0 Å². The van der Waals surface area contributed by atoms with Crippen molar-refractivity contribution in [2.75, 3.05) is 13.7 Å². The second kappa shape index (κ2) is 4.53. The number of aliphatic hydroxyl groups is 1. The fourth-order valence-electron chi connectivity index (χ4n) is 0.835. The summed E-state index contributed by atoms with van der Waals surface area (Å²) < 4.78 is 0.454. The van der Waals surface area contributed by atoms with Crippen LogP contribution in [0.2, 0.25) is 4.47 Å². The van der Waals surface area contributed by atoms with Gasteiger partial charge in [-0.05, 0) is 32.5 Å². The minimum atomic E-state index is -0.252. The molecule has 0 bridgehead atoms. The lowest BCUT2D eigenvalue weighted by atomic mass is 10.1. The van der Waals surface area contributed by atoms with Crippen molar-refractivity contribution in [2.45, 2.75) is 25.9 Å². The van der Waals surface area contributed by atoms with Crippen LogP contribution in [0.5, 0.6) is 0 Å². The van der Waals surface area contributed by atoms with Gasteiger partial charge in [0.25, 0.3) is 0 Å². The van der Waals surface area contributed by atoms with Crippen LogP contribution in [0.1, 0.15) is 18.9 Å². The number of hydrogen-bond acceptors (Lipinski definition) is 5. The lowest BCUT2D eigenvalue weighted by molar-refractivity contribution is 0.0732. The number of halogens is 1. The summed E-state index contributed by atoms with van der Waals surface area (Å²) in [5.74, 6) is 0. The van der Waals surface area contributed by atoms with E-state index in [0.717, 1.165) is 5.01 Å². The number of hydrogen-bond donors (Lipinski definition) is 1. The summed E-state index contributed by atoms with van der Waals surface area (Å²) in [7, 11) is 1.94. The van der Waals surface area contributed by atoms with Crippen LogP contribution in [-0.4, -0.2) is 39.4 Å². The average Bonchev–Trinajstić information content (AvgIpc) is 2.51. The van der Waals surface area contributed by atoms with Crippen molar-refractivity contribution in [1.29, 1.82) is 0 Å². The van der Waals surface area contributed by atoms with E-state index in [2.05, 4.69) is 10.2 Å². The van der Waals surface area contributed by atoms with Crippen molar-refractivity contribution < 1.29 is 5.11 Å². The highest BCUT2D eigenvalue weighted by Crippen LogP contribution is 2.19. The van der Waals surface area contributed by atoms with Gasteiger partial charge in [0.05, 0.1) is 13.2 Å². The summed E-state index contributed by atoms with van der Waals surface area (Å²) in [6.07, 6.45) is 0. The zero-order valence-corrected chi connectivity index (χ0v) is 10.1. The SMILES string of the molecule is CN(Cc1nnc(Cl)s1)C(C)(C)CO. The molecule has 1 aromatic heterocycles. The van der Waals surface area contributed by atoms with Crippen LogP contribution >= 0.6 is 22.9 Å². The van der Waals surface area contributed by atoms with Gasteiger partial charge in [-0.25, -0.2) is 0 Å². The minimum Gasteiger partial charge on any atom is -0.394 e. The first-order chi connectivity index (χ1) is 6.45. The van der Waals surface area contributed by atoms with Crippen LogP contribution in [0.25, 0.3) is 0 Å². The molecule has 0 amide bonds. The molecule has 80 valence electrons. The molecule has 0 aliphatic rings. The van der Waals surface area contributed by atoms with E-state index < -0.39 is 0 Å². The third-order valence-electron chi connectivity index (χ3n) is 2.23. The zero-order chi connectivity index (χ0) is 10.8. The van der Waals surface area contributed by atoms with Gasteiger partial charge in [-0.3, -0.25) is 4.90 Å². The first-order valence-electron chi connectivity index (χ1n) is 4.25. The van der Waals surface area contributed by atoms with E-state index in [1.807, 2.05) is 25.8 Å². The van der Waals surface area contributed by atoms with Crippen molar-refractivity contribution in [2.24, 2.45) is 0 Å². The van der Waals surface area contributed by atoms with Gasteiger partial charge in [0.2, 0.25) is 4.47 Å². The molecule has 0 atom stereocenters. The third-order valence-corrected chi connectivity index (χ3v) is 3.24. The van der Waals surface area contributed by atoms with Gasteiger partial charge in [0, 0.05) is 5.54 Å². The average molecular weight is 236 g/mol. The summed E-state index contributed by atoms with van der Waals surface area (Å²) >= 11 is 7.03. The van der Waals surface area contributed by atoms with Gasteiger partial charge in [-0.2, -0.15) is 0 Å². The first-order valence-corrected chi connectivity index (χ1v) is 5.45. The van der Waals surface area contributed by atoms with Gasteiger partial charge in [0.1, 0.15) is 5.01 Å². The highest BCUT2D eigenvalue weighted by atomic mass is 35.5. The maximum atomic E-state index is 9.15. The molecule has 14 heavy (non-hydrogen) atoms. The van der Waals surface area contributed by atoms with E-state index in [1.54, 1.807) is 0 Å². The predicted octanol–water partition coefficient (Wildman–Crippen LogP) is 1.39. The van der Waals surface area contributed by atoms with Crippen LogP contribution in [0, 0.1) is 0 Å². The maximum absolute atomic E-state index is 9.15. The van der Waals surface area contributed by atoms with Gasteiger partial charge >= 0.3 is 0 Å². The Morgan fingerprint density at radius 2 is 2.14 bits per heavy atom. The molecule has 1 N–H and O–H groups in total. The number of aliphatic hydroxyl groups excluding tert-OH is 1. The summed E-state index contributed by atoms with van der Waals surface area (Å²) in [6, 6.07) is 0. The minimum absolute atomic E-state index is 0.107. The maximum Gasteiger partial charge on any atom is 0.207 e. The lowest BCUT2D eigenvalue weighted by Gasteiger charge is -2.32. The Labute approximate surface area is 92.5 Å².